The van der Waals surface area contributed by atoms with E-state index in [-0.39, 0.29) is 36.4 Å². The van der Waals surface area contributed by atoms with Gasteiger partial charge in [-0.2, -0.15) is 13.2 Å². The largest absolute Gasteiger partial charge is 0.416 e. The Balaban J connectivity index is 1.46. The van der Waals surface area contributed by atoms with Gasteiger partial charge in [0.15, 0.2) is 0 Å². The summed E-state index contributed by atoms with van der Waals surface area (Å²) in [4.78, 5) is 28.8. The lowest BCUT2D eigenvalue weighted by Gasteiger charge is -2.27. The van der Waals surface area contributed by atoms with E-state index < -0.39 is 11.7 Å². The van der Waals surface area contributed by atoms with Gasteiger partial charge >= 0.3 is 6.18 Å². The molecule has 27 heavy (non-hydrogen) atoms. The smallest absolute Gasteiger partial charge is 0.278 e. The van der Waals surface area contributed by atoms with Crippen molar-refractivity contribution in [3.63, 3.8) is 0 Å². The summed E-state index contributed by atoms with van der Waals surface area (Å²) in [6.45, 7) is 0.686. The fraction of sp³-hybridized carbons (Fsp3) is 0.600. The zero-order valence-corrected chi connectivity index (χ0v) is 15.0. The maximum absolute atomic E-state index is 12.7. The first-order chi connectivity index (χ1) is 12.8. The molecular weight excluding hydrogens is 357 g/mol. The van der Waals surface area contributed by atoms with Crippen molar-refractivity contribution in [1.82, 2.24) is 9.80 Å². The summed E-state index contributed by atoms with van der Waals surface area (Å²) in [7, 11) is 0. The van der Waals surface area contributed by atoms with Crippen LogP contribution < -0.4 is 0 Å². The van der Waals surface area contributed by atoms with Gasteiger partial charge in [-0.1, -0.05) is 25.0 Å². The number of imide groups is 1. The Morgan fingerprint density at radius 1 is 0.926 bits per heavy atom. The van der Waals surface area contributed by atoms with E-state index in [0.29, 0.717) is 6.54 Å². The van der Waals surface area contributed by atoms with Gasteiger partial charge in [0, 0.05) is 12.6 Å². The van der Waals surface area contributed by atoms with Gasteiger partial charge in [0.05, 0.1) is 24.1 Å². The van der Waals surface area contributed by atoms with E-state index in [1.165, 1.54) is 17.0 Å². The Labute approximate surface area is 156 Å². The predicted molar refractivity (Wildman–Crippen MR) is 92.2 cm³/mol. The summed E-state index contributed by atoms with van der Waals surface area (Å²) in [6, 6.07) is 5.41. The molecule has 1 saturated heterocycles. The molecule has 3 aliphatic rings. The first kappa shape index (κ1) is 18.5. The van der Waals surface area contributed by atoms with Crippen LogP contribution in [0.15, 0.2) is 24.3 Å². The zero-order chi connectivity index (χ0) is 19.2. The molecule has 1 aromatic carbocycles. The minimum Gasteiger partial charge on any atom is -0.278 e. The van der Waals surface area contributed by atoms with E-state index in [0.717, 1.165) is 56.2 Å². The summed E-state index contributed by atoms with van der Waals surface area (Å²) in [5.41, 5.74) is 0.0876. The molecule has 0 bridgehead atoms. The van der Waals surface area contributed by atoms with Gasteiger partial charge < -0.3 is 0 Å². The average Bonchev–Trinajstić information content (AvgIpc) is 3.45. The van der Waals surface area contributed by atoms with E-state index in [2.05, 4.69) is 4.90 Å². The zero-order valence-electron chi connectivity index (χ0n) is 15.0. The third-order valence-electron chi connectivity index (χ3n) is 5.99. The van der Waals surface area contributed by atoms with Crippen molar-refractivity contribution in [2.75, 3.05) is 6.67 Å². The van der Waals surface area contributed by atoms with Crippen molar-refractivity contribution in [3.05, 3.63) is 35.4 Å². The number of hydrogen-bond donors (Lipinski definition) is 0. The quantitative estimate of drug-likeness (QED) is 0.730. The van der Waals surface area contributed by atoms with Crippen LogP contribution in [0.1, 0.15) is 49.7 Å². The summed E-state index contributed by atoms with van der Waals surface area (Å²) >= 11 is 0. The second-order valence-electron chi connectivity index (χ2n) is 7.92. The molecule has 146 valence electrons. The Bertz CT molecular complexity index is 704. The van der Waals surface area contributed by atoms with Crippen molar-refractivity contribution in [3.8, 4) is 0 Å². The Kier molecular flexibility index (Phi) is 4.74. The maximum atomic E-state index is 12.7. The highest BCUT2D eigenvalue weighted by Gasteiger charge is 2.49. The third-order valence-corrected chi connectivity index (χ3v) is 5.99. The second-order valence-corrected chi connectivity index (χ2v) is 7.92. The fourth-order valence-electron chi connectivity index (χ4n) is 4.32. The monoisotopic (exact) mass is 380 g/mol. The summed E-state index contributed by atoms with van der Waals surface area (Å²) in [5.74, 6) is -0.470. The predicted octanol–water partition coefficient (Wildman–Crippen LogP) is 3.80. The number of alkyl halides is 3. The highest BCUT2D eigenvalue weighted by molar-refractivity contribution is 6.05. The van der Waals surface area contributed by atoms with Gasteiger partial charge in [-0.15, -0.1) is 0 Å². The van der Waals surface area contributed by atoms with Crippen LogP contribution in [0.25, 0.3) is 0 Å². The normalized spacial score (nSPS) is 26.0. The lowest BCUT2D eigenvalue weighted by Crippen LogP contribution is -2.42. The summed E-state index contributed by atoms with van der Waals surface area (Å²) in [5, 5.41) is 0. The first-order valence-electron chi connectivity index (χ1n) is 9.60. The molecule has 0 aromatic heterocycles. The lowest BCUT2D eigenvalue weighted by molar-refractivity contribution is -0.143. The minimum absolute atomic E-state index is 0.0669. The molecule has 3 fully saturated rings. The van der Waals surface area contributed by atoms with Gasteiger partial charge in [0.2, 0.25) is 11.8 Å². The highest BCUT2D eigenvalue weighted by Crippen LogP contribution is 2.39. The number of benzene rings is 1. The van der Waals surface area contributed by atoms with Crippen molar-refractivity contribution < 1.29 is 22.8 Å². The van der Waals surface area contributed by atoms with Crippen LogP contribution in [0, 0.1) is 11.8 Å². The maximum Gasteiger partial charge on any atom is 0.416 e. The fourth-order valence-corrected chi connectivity index (χ4v) is 4.32. The van der Waals surface area contributed by atoms with Gasteiger partial charge in [0.25, 0.3) is 0 Å². The molecule has 2 aliphatic carbocycles. The van der Waals surface area contributed by atoms with Crippen LogP contribution in [-0.4, -0.2) is 34.3 Å². The summed E-state index contributed by atoms with van der Waals surface area (Å²) < 4.78 is 38.2. The summed E-state index contributed by atoms with van der Waals surface area (Å²) in [6.07, 6.45) is 1.19. The van der Waals surface area contributed by atoms with Gasteiger partial charge in [0.1, 0.15) is 0 Å². The molecule has 0 N–H and O–H groups in total. The van der Waals surface area contributed by atoms with Crippen molar-refractivity contribution >= 4 is 11.8 Å². The molecule has 2 atom stereocenters. The molecule has 0 spiro atoms. The number of amides is 2. The van der Waals surface area contributed by atoms with Crippen LogP contribution in [0.2, 0.25) is 0 Å². The molecule has 1 aromatic rings. The molecule has 7 heteroatoms. The number of hydrogen-bond acceptors (Lipinski definition) is 3. The number of nitrogens with zero attached hydrogens (tertiary/aromatic N) is 2. The topological polar surface area (TPSA) is 40.6 Å². The van der Waals surface area contributed by atoms with Crippen molar-refractivity contribution in [2.45, 2.75) is 57.3 Å². The number of carbonyl (C=O) groups excluding carboxylic acids is 2. The van der Waals surface area contributed by atoms with Crippen LogP contribution >= 0.6 is 0 Å². The Morgan fingerprint density at radius 3 is 1.96 bits per heavy atom. The number of halogens is 3. The van der Waals surface area contributed by atoms with Gasteiger partial charge in [-0.25, -0.2) is 0 Å². The number of fused-ring (bicyclic) bond motifs is 1. The van der Waals surface area contributed by atoms with E-state index in [1.54, 1.807) is 0 Å². The van der Waals surface area contributed by atoms with Crippen LogP contribution in [0.4, 0.5) is 13.2 Å². The van der Waals surface area contributed by atoms with E-state index in [4.69, 9.17) is 0 Å². The minimum atomic E-state index is -4.35. The standard InChI is InChI=1S/C20H23F3N2O2/c21-20(22,23)14-7-5-13(6-8-14)11-24(15-9-10-15)12-25-18(26)16-3-1-2-4-17(16)19(25)27/h5-8,15-17H,1-4,9-12H2/t16-,17-/m0/s1. The molecule has 1 aliphatic heterocycles. The molecule has 0 unspecified atom stereocenters. The molecule has 4 nitrogen and oxygen atoms in total. The molecular formula is C20H23F3N2O2. The van der Waals surface area contributed by atoms with Crippen molar-refractivity contribution in [1.29, 1.82) is 0 Å². The molecule has 0 radical (unpaired) electrons. The highest BCUT2D eigenvalue weighted by atomic mass is 19.4. The molecule has 2 amide bonds. The van der Waals surface area contributed by atoms with Crippen LogP contribution in [0.3, 0.4) is 0 Å². The number of likely N-dealkylation sites (tertiary alicyclic amines) is 1. The number of carbonyl (C=O) groups is 2. The second kappa shape index (κ2) is 6.93. The van der Waals surface area contributed by atoms with Crippen LogP contribution in [0.5, 0.6) is 0 Å². The average molecular weight is 380 g/mol. The lowest BCUT2D eigenvalue weighted by atomic mass is 9.81. The number of rotatable bonds is 5. The molecule has 2 saturated carbocycles. The molecule has 4 rings (SSSR count). The Morgan fingerprint density at radius 2 is 1.48 bits per heavy atom. The van der Waals surface area contributed by atoms with Crippen LogP contribution in [-0.2, 0) is 22.3 Å². The van der Waals surface area contributed by atoms with E-state index in [9.17, 15) is 22.8 Å². The van der Waals surface area contributed by atoms with E-state index in [1.807, 2.05) is 0 Å². The van der Waals surface area contributed by atoms with Gasteiger partial charge in [-0.05, 0) is 43.4 Å². The molecule has 1 heterocycles. The van der Waals surface area contributed by atoms with E-state index >= 15 is 0 Å². The Hall–Kier alpha value is -1.89. The SMILES string of the molecule is O=C1[C@H]2CCCC[C@@H]2C(=O)N1CN(Cc1ccc(C(F)(F)F)cc1)C1CC1. The third kappa shape index (κ3) is 3.74. The van der Waals surface area contributed by atoms with Gasteiger partial charge in [-0.3, -0.25) is 19.4 Å². The first-order valence-corrected chi connectivity index (χ1v) is 9.60. The van der Waals surface area contributed by atoms with Crippen molar-refractivity contribution in [2.24, 2.45) is 11.8 Å².